The molecule has 5 heteroatoms. The SMILES string of the molecule is O=C(O)/C=C/c1ccc(CN2CCNC(=O)C2)cc1. The van der Waals surface area contributed by atoms with Crippen LogP contribution in [-0.4, -0.2) is 41.5 Å². The molecular weight excluding hydrogens is 244 g/mol. The minimum absolute atomic E-state index is 0.0623. The van der Waals surface area contributed by atoms with Gasteiger partial charge in [0.05, 0.1) is 6.54 Å². The second-order valence-corrected chi connectivity index (χ2v) is 4.47. The summed E-state index contributed by atoms with van der Waals surface area (Å²) < 4.78 is 0. The smallest absolute Gasteiger partial charge is 0.328 e. The van der Waals surface area contributed by atoms with Crippen LogP contribution in [0.1, 0.15) is 11.1 Å². The van der Waals surface area contributed by atoms with Gasteiger partial charge in [0.2, 0.25) is 5.91 Å². The number of carbonyl (C=O) groups excluding carboxylic acids is 1. The van der Waals surface area contributed by atoms with Crippen LogP contribution >= 0.6 is 0 Å². The Bertz CT molecular complexity index is 494. The van der Waals surface area contributed by atoms with Gasteiger partial charge in [0, 0.05) is 25.7 Å². The molecule has 2 rings (SSSR count). The van der Waals surface area contributed by atoms with E-state index in [0.717, 1.165) is 30.3 Å². The molecule has 19 heavy (non-hydrogen) atoms. The van der Waals surface area contributed by atoms with Crippen molar-refractivity contribution in [2.75, 3.05) is 19.6 Å². The number of hydrogen-bond acceptors (Lipinski definition) is 3. The highest BCUT2D eigenvalue weighted by Crippen LogP contribution is 2.09. The van der Waals surface area contributed by atoms with Crippen LogP contribution < -0.4 is 5.32 Å². The molecule has 0 saturated carbocycles. The molecule has 2 N–H and O–H groups in total. The first-order valence-electron chi connectivity index (χ1n) is 6.12. The van der Waals surface area contributed by atoms with Gasteiger partial charge < -0.3 is 10.4 Å². The minimum Gasteiger partial charge on any atom is -0.478 e. The van der Waals surface area contributed by atoms with Gasteiger partial charge in [-0.15, -0.1) is 0 Å². The summed E-state index contributed by atoms with van der Waals surface area (Å²) in [4.78, 5) is 23.7. The van der Waals surface area contributed by atoms with E-state index < -0.39 is 5.97 Å². The minimum atomic E-state index is -0.955. The fourth-order valence-electron chi connectivity index (χ4n) is 1.99. The number of carboxylic acids is 1. The largest absolute Gasteiger partial charge is 0.478 e. The zero-order chi connectivity index (χ0) is 13.7. The van der Waals surface area contributed by atoms with Gasteiger partial charge in [0.1, 0.15) is 0 Å². The maximum absolute atomic E-state index is 11.2. The lowest BCUT2D eigenvalue weighted by molar-refractivity contribution is -0.131. The maximum atomic E-state index is 11.2. The summed E-state index contributed by atoms with van der Waals surface area (Å²) in [5.41, 5.74) is 1.96. The fourth-order valence-corrected chi connectivity index (χ4v) is 1.99. The van der Waals surface area contributed by atoms with E-state index in [1.165, 1.54) is 0 Å². The standard InChI is InChI=1S/C14H16N2O3/c17-13-10-16(8-7-15-13)9-12-3-1-11(2-4-12)5-6-14(18)19/h1-6H,7-10H2,(H,15,17)(H,18,19)/b6-5+. The van der Waals surface area contributed by atoms with Crippen LogP contribution in [0.2, 0.25) is 0 Å². The van der Waals surface area contributed by atoms with Crippen LogP contribution in [0.4, 0.5) is 0 Å². The predicted octanol–water partition coefficient (Wildman–Crippen LogP) is 0.716. The number of aliphatic carboxylic acids is 1. The van der Waals surface area contributed by atoms with E-state index in [4.69, 9.17) is 5.11 Å². The van der Waals surface area contributed by atoms with Crippen LogP contribution in [0.5, 0.6) is 0 Å². The van der Waals surface area contributed by atoms with Crippen molar-refractivity contribution in [1.82, 2.24) is 10.2 Å². The van der Waals surface area contributed by atoms with Gasteiger partial charge in [-0.1, -0.05) is 24.3 Å². The van der Waals surface area contributed by atoms with E-state index in [9.17, 15) is 9.59 Å². The molecule has 1 heterocycles. The van der Waals surface area contributed by atoms with E-state index in [1.54, 1.807) is 6.08 Å². The first-order chi connectivity index (χ1) is 9.13. The normalized spacial score (nSPS) is 16.5. The fraction of sp³-hybridized carbons (Fsp3) is 0.286. The first kappa shape index (κ1) is 13.3. The lowest BCUT2D eigenvalue weighted by Crippen LogP contribution is -2.47. The summed E-state index contributed by atoms with van der Waals surface area (Å²) >= 11 is 0. The van der Waals surface area contributed by atoms with Crippen LogP contribution in [-0.2, 0) is 16.1 Å². The molecule has 1 aromatic rings. The molecule has 1 amide bonds. The maximum Gasteiger partial charge on any atom is 0.328 e. The van der Waals surface area contributed by atoms with Crippen molar-refractivity contribution in [1.29, 1.82) is 0 Å². The third kappa shape index (κ3) is 4.22. The van der Waals surface area contributed by atoms with Gasteiger partial charge >= 0.3 is 5.97 Å². The van der Waals surface area contributed by atoms with Gasteiger partial charge in [-0.3, -0.25) is 9.69 Å². The Labute approximate surface area is 111 Å². The second-order valence-electron chi connectivity index (χ2n) is 4.47. The molecule has 0 aromatic heterocycles. The molecule has 0 unspecified atom stereocenters. The molecule has 1 aromatic carbocycles. The number of hydrogen-bond donors (Lipinski definition) is 2. The number of carboxylic acid groups (broad SMARTS) is 1. The lowest BCUT2D eigenvalue weighted by atomic mass is 10.1. The third-order valence-electron chi connectivity index (χ3n) is 2.92. The summed E-state index contributed by atoms with van der Waals surface area (Å²) in [6, 6.07) is 7.65. The highest BCUT2D eigenvalue weighted by atomic mass is 16.4. The van der Waals surface area contributed by atoms with E-state index >= 15 is 0 Å². The molecule has 0 radical (unpaired) electrons. The monoisotopic (exact) mass is 260 g/mol. The van der Waals surface area contributed by atoms with E-state index in [2.05, 4.69) is 10.2 Å². The van der Waals surface area contributed by atoms with Crippen molar-refractivity contribution in [2.24, 2.45) is 0 Å². The van der Waals surface area contributed by atoms with Gasteiger partial charge in [-0.25, -0.2) is 4.79 Å². The second kappa shape index (κ2) is 6.15. The quantitative estimate of drug-likeness (QED) is 0.782. The molecule has 0 spiro atoms. The average molecular weight is 260 g/mol. The van der Waals surface area contributed by atoms with Crippen LogP contribution in [0, 0.1) is 0 Å². The zero-order valence-electron chi connectivity index (χ0n) is 10.5. The summed E-state index contributed by atoms with van der Waals surface area (Å²) in [7, 11) is 0. The van der Waals surface area contributed by atoms with Gasteiger partial charge in [0.15, 0.2) is 0 Å². The number of piperazine rings is 1. The molecule has 1 aliphatic heterocycles. The van der Waals surface area contributed by atoms with Gasteiger partial charge in [-0.05, 0) is 17.2 Å². The molecule has 0 bridgehead atoms. The topological polar surface area (TPSA) is 69.6 Å². The molecule has 1 saturated heterocycles. The highest BCUT2D eigenvalue weighted by Gasteiger charge is 2.15. The predicted molar refractivity (Wildman–Crippen MR) is 71.4 cm³/mol. The van der Waals surface area contributed by atoms with E-state index in [1.807, 2.05) is 24.3 Å². The summed E-state index contributed by atoms with van der Waals surface area (Å²) in [6.45, 7) is 2.71. The Morgan fingerprint density at radius 1 is 1.37 bits per heavy atom. The van der Waals surface area contributed by atoms with Crippen molar-refractivity contribution in [3.05, 3.63) is 41.5 Å². The van der Waals surface area contributed by atoms with Crippen LogP contribution in [0.3, 0.4) is 0 Å². The molecule has 1 aliphatic rings. The number of nitrogens with one attached hydrogen (secondary N) is 1. The van der Waals surface area contributed by atoms with Crippen LogP contribution in [0.15, 0.2) is 30.3 Å². The number of rotatable bonds is 4. The Morgan fingerprint density at radius 2 is 2.11 bits per heavy atom. The lowest BCUT2D eigenvalue weighted by Gasteiger charge is -2.26. The Balaban J connectivity index is 1.94. The summed E-state index contributed by atoms with van der Waals surface area (Å²) in [6.07, 6.45) is 2.67. The molecule has 0 aliphatic carbocycles. The number of nitrogens with zero attached hydrogens (tertiary/aromatic N) is 1. The van der Waals surface area contributed by atoms with Gasteiger partial charge in [-0.2, -0.15) is 0 Å². The zero-order valence-corrected chi connectivity index (χ0v) is 10.5. The van der Waals surface area contributed by atoms with Crippen molar-refractivity contribution < 1.29 is 14.7 Å². The van der Waals surface area contributed by atoms with E-state index in [-0.39, 0.29) is 5.91 Å². The third-order valence-corrected chi connectivity index (χ3v) is 2.92. The Morgan fingerprint density at radius 3 is 2.74 bits per heavy atom. The number of carbonyl (C=O) groups is 2. The van der Waals surface area contributed by atoms with Crippen molar-refractivity contribution in [3.8, 4) is 0 Å². The Kier molecular flexibility index (Phi) is 4.30. The summed E-state index contributed by atoms with van der Waals surface area (Å²) in [5.74, 6) is -0.893. The summed E-state index contributed by atoms with van der Waals surface area (Å²) in [5, 5.41) is 11.3. The Hall–Kier alpha value is -2.14. The molecule has 5 nitrogen and oxygen atoms in total. The molecule has 100 valence electrons. The molecular formula is C14H16N2O3. The van der Waals surface area contributed by atoms with Crippen molar-refractivity contribution >= 4 is 18.0 Å². The number of amides is 1. The van der Waals surface area contributed by atoms with Crippen molar-refractivity contribution in [3.63, 3.8) is 0 Å². The van der Waals surface area contributed by atoms with Crippen molar-refractivity contribution in [2.45, 2.75) is 6.54 Å². The van der Waals surface area contributed by atoms with E-state index in [0.29, 0.717) is 13.1 Å². The average Bonchev–Trinajstić information content (AvgIpc) is 2.38. The molecule has 0 atom stereocenters. The number of benzene rings is 1. The highest BCUT2D eigenvalue weighted by molar-refractivity contribution is 5.85. The van der Waals surface area contributed by atoms with Gasteiger partial charge in [0.25, 0.3) is 0 Å². The van der Waals surface area contributed by atoms with Crippen LogP contribution in [0.25, 0.3) is 6.08 Å². The molecule has 1 fully saturated rings. The first-order valence-corrected chi connectivity index (χ1v) is 6.12.